The number of hydrogen-bond donors (Lipinski definition) is 8. The second-order valence-corrected chi connectivity index (χ2v) is 8.27. The molecule has 1 rings (SSSR count). The van der Waals surface area contributed by atoms with Crippen LogP contribution in [0, 0.1) is 5.92 Å². The maximum atomic E-state index is 12.8. The third-order valence-electron chi connectivity index (χ3n) is 5.23. The Morgan fingerprint density at radius 3 is 2.26 bits per heavy atom. The van der Waals surface area contributed by atoms with Crippen LogP contribution >= 0.6 is 12.6 Å². The highest BCUT2D eigenvalue weighted by atomic mass is 32.1. The van der Waals surface area contributed by atoms with Gasteiger partial charge in [0.15, 0.2) is 0 Å². The summed E-state index contributed by atoms with van der Waals surface area (Å²) in [7, 11) is 0. The third kappa shape index (κ3) is 9.39. The van der Waals surface area contributed by atoms with E-state index >= 15 is 0 Å². The molecule has 0 aromatic carbocycles. The molecule has 1 aromatic heterocycles. The molecule has 0 spiro atoms. The number of nitrogens with one attached hydrogen (secondary N) is 4. The summed E-state index contributed by atoms with van der Waals surface area (Å²) < 4.78 is 0. The van der Waals surface area contributed by atoms with Crippen molar-refractivity contribution in [2.24, 2.45) is 17.4 Å². The highest BCUT2D eigenvalue weighted by Crippen LogP contribution is 2.10. The molecule has 0 aliphatic rings. The Balaban J connectivity index is 2.84. The number of carbonyl (C=O) groups excluding carboxylic acids is 4. The van der Waals surface area contributed by atoms with Crippen LogP contribution in [0.15, 0.2) is 12.5 Å². The van der Waals surface area contributed by atoms with Gasteiger partial charge in [0.25, 0.3) is 0 Å². The first-order valence-corrected chi connectivity index (χ1v) is 11.4. The van der Waals surface area contributed by atoms with E-state index in [0.29, 0.717) is 12.1 Å². The van der Waals surface area contributed by atoms with Crippen molar-refractivity contribution in [3.05, 3.63) is 18.2 Å². The van der Waals surface area contributed by atoms with Gasteiger partial charge in [0.2, 0.25) is 23.6 Å². The smallest absolute Gasteiger partial charge is 0.326 e. The van der Waals surface area contributed by atoms with Crippen molar-refractivity contribution in [3.8, 4) is 0 Å². The number of thiol groups is 1. The fourth-order valence-corrected chi connectivity index (χ4v) is 3.22. The maximum absolute atomic E-state index is 12.8. The molecule has 0 bridgehead atoms. The van der Waals surface area contributed by atoms with Gasteiger partial charge in [-0.05, 0) is 12.3 Å². The number of carbonyl (C=O) groups is 5. The number of imidazole rings is 1. The topological polar surface area (TPSA) is 222 Å². The molecule has 4 amide bonds. The number of aliphatic carboxylic acids is 1. The number of nitrogens with two attached hydrogens (primary N) is 2. The fourth-order valence-electron chi connectivity index (χ4n) is 2.96. The normalized spacial score (nSPS) is 15.3. The number of rotatable bonds is 15. The lowest BCUT2D eigenvalue weighted by molar-refractivity contribution is -0.143. The quantitative estimate of drug-likeness (QED) is 0.126. The molecule has 0 aliphatic carbocycles. The molecule has 5 atom stereocenters. The van der Waals surface area contributed by atoms with Crippen molar-refractivity contribution < 1.29 is 29.1 Å². The van der Waals surface area contributed by atoms with E-state index in [4.69, 9.17) is 11.5 Å². The summed E-state index contributed by atoms with van der Waals surface area (Å²) in [6.07, 6.45) is 3.22. The van der Waals surface area contributed by atoms with Crippen LogP contribution in [-0.4, -0.2) is 74.6 Å². The molecule has 14 heteroatoms. The van der Waals surface area contributed by atoms with Crippen LogP contribution in [0.5, 0.6) is 0 Å². The van der Waals surface area contributed by atoms with Crippen molar-refractivity contribution in [3.63, 3.8) is 0 Å². The zero-order chi connectivity index (χ0) is 25.8. The Morgan fingerprint density at radius 1 is 1.12 bits per heavy atom. The van der Waals surface area contributed by atoms with Gasteiger partial charge in [-0.25, -0.2) is 9.78 Å². The number of aromatic nitrogens is 2. The van der Waals surface area contributed by atoms with Crippen molar-refractivity contribution >= 4 is 42.2 Å². The van der Waals surface area contributed by atoms with Gasteiger partial charge in [-0.2, -0.15) is 12.6 Å². The highest BCUT2D eigenvalue weighted by molar-refractivity contribution is 7.80. The average Bonchev–Trinajstić information content (AvgIpc) is 3.29. The predicted octanol–water partition coefficient (Wildman–Crippen LogP) is -1.94. The molecule has 0 radical (unpaired) electrons. The van der Waals surface area contributed by atoms with Crippen LogP contribution in [0.4, 0.5) is 0 Å². The first kappa shape index (κ1) is 28.9. The number of nitrogens with zero attached hydrogens (tertiary/aromatic N) is 1. The first-order chi connectivity index (χ1) is 16.0. The van der Waals surface area contributed by atoms with Crippen molar-refractivity contribution in [2.45, 2.75) is 63.7 Å². The largest absolute Gasteiger partial charge is 0.480 e. The number of primary amides is 1. The second kappa shape index (κ2) is 14.2. The Kier molecular flexibility index (Phi) is 12.1. The molecule has 5 unspecified atom stereocenters. The van der Waals surface area contributed by atoms with Crippen LogP contribution in [0.1, 0.15) is 38.8 Å². The summed E-state index contributed by atoms with van der Waals surface area (Å²) in [5.74, 6) is -4.49. The minimum absolute atomic E-state index is 0.0699. The van der Waals surface area contributed by atoms with Crippen molar-refractivity contribution in [2.75, 3.05) is 5.75 Å². The standard InChI is InChI=1S/C20H33N7O6S/c1-3-10(2)16(19(31)25-13(20(32)33)4-5-15(22)28)27-18(30)14(8-34)26-17(29)12(21)6-11-7-23-9-24-11/h7,9-10,12-14,16,34H,3-6,8,21H2,1-2H3,(H2,22,28)(H,23,24)(H,25,31)(H,26,29)(H,27,30)(H,32,33). The molecule has 0 saturated carbocycles. The van der Waals surface area contributed by atoms with Crippen LogP contribution in [-0.2, 0) is 30.4 Å². The summed E-state index contributed by atoms with van der Waals surface area (Å²) in [4.78, 5) is 67.2. The van der Waals surface area contributed by atoms with E-state index in [1.807, 2.05) is 0 Å². The highest BCUT2D eigenvalue weighted by Gasteiger charge is 2.32. The summed E-state index contributed by atoms with van der Waals surface area (Å²) in [5, 5.41) is 16.7. The van der Waals surface area contributed by atoms with Crippen LogP contribution in [0.2, 0.25) is 0 Å². The lowest BCUT2D eigenvalue weighted by atomic mass is 9.97. The number of hydrogen-bond acceptors (Lipinski definition) is 8. The molecule has 0 fully saturated rings. The van der Waals surface area contributed by atoms with E-state index in [2.05, 4.69) is 38.5 Å². The number of H-pyrrole nitrogens is 1. The van der Waals surface area contributed by atoms with Gasteiger partial charge in [0.05, 0.1) is 12.4 Å². The van der Waals surface area contributed by atoms with Gasteiger partial charge in [-0.3, -0.25) is 19.2 Å². The molecule has 190 valence electrons. The predicted molar refractivity (Wildman–Crippen MR) is 125 cm³/mol. The molecule has 13 nitrogen and oxygen atoms in total. The lowest BCUT2D eigenvalue weighted by Gasteiger charge is -2.27. The van der Waals surface area contributed by atoms with Crippen molar-refractivity contribution in [1.29, 1.82) is 0 Å². The van der Waals surface area contributed by atoms with Gasteiger partial charge in [-0.1, -0.05) is 20.3 Å². The zero-order valence-corrected chi connectivity index (χ0v) is 20.0. The van der Waals surface area contributed by atoms with E-state index in [0.717, 1.165) is 0 Å². The lowest BCUT2D eigenvalue weighted by Crippen LogP contribution is -2.59. The van der Waals surface area contributed by atoms with E-state index < -0.39 is 53.8 Å². The molecule has 1 aromatic rings. The molecule has 0 aliphatic heterocycles. The van der Waals surface area contributed by atoms with E-state index in [1.165, 1.54) is 12.5 Å². The average molecular weight is 500 g/mol. The molecule has 0 saturated heterocycles. The SMILES string of the molecule is CCC(C)C(NC(=O)C(CS)NC(=O)C(N)Cc1cnc[nH]1)C(=O)NC(CCC(N)=O)C(=O)O. The maximum Gasteiger partial charge on any atom is 0.326 e. The first-order valence-electron chi connectivity index (χ1n) is 10.8. The van der Waals surface area contributed by atoms with Gasteiger partial charge >= 0.3 is 5.97 Å². The summed E-state index contributed by atoms with van der Waals surface area (Å²) in [6, 6.07) is -4.49. The number of carboxylic acid groups (broad SMARTS) is 1. The molecule has 9 N–H and O–H groups in total. The van der Waals surface area contributed by atoms with Crippen LogP contribution in [0.25, 0.3) is 0 Å². The fraction of sp³-hybridized carbons (Fsp3) is 0.600. The van der Waals surface area contributed by atoms with Crippen molar-refractivity contribution in [1.82, 2.24) is 25.9 Å². The summed E-state index contributed by atoms with van der Waals surface area (Å²) >= 11 is 4.11. The molecule has 34 heavy (non-hydrogen) atoms. The molecule has 1 heterocycles. The second-order valence-electron chi connectivity index (χ2n) is 7.91. The Bertz CT molecular complexity index is 850. The van der Waals surface area contributed by atoms with Gasteiger partial charge in [0, 0.05) is 30.5 Å². The minimum Gasteiger partial charge on any atom is -0.480 e. The Labute approximate surface area is 202 Å². The molecular formula is C20H33N7O6S. The van der Waals surface area contributed by atoms with E-state index in [9.17, 15) is 29.1 Å². The van der Waals surface area contributed by atoms with Gasteiger partial charge < -0.3 is 37.5 Å². The number of amides is 4. The number of aromatic amines is 1. The van der Waals surface area contributed by atoms with Gasteiger partial charge in [-0.15, -0.1) is 0 Å². The van der Waals surface area contributed by atoms with Gasteiger partial charge in [0.1, 0.15) is 18.1 Å². The van der Waals surface area contributed by atoms with Crippen LogP contribution < -0.4 is 27.4 Å². The summed E-state index contributed by atoms with van der Waals surface area (Å²) in [6.45, 7) is 3.50. The Morgan fingerprint density at radius 2 is 1.76 bits per heavy atom. The van der Waals surface area contributed by atoms with E-state index in [1.54, 1.807) is 13.8 Å². The van der Waals surface area contributed by atoms with Crippen LogP contribution in [0.3, 0.4) is 0 Å². The zero-order valence-electron chi connectivity index (χ0n) is 19.1. The van der Waals surface area contributed by atoms with E-state index in [-0.39, 0.29) is 30.9 Å². The monoisotopic (exact) mass is 499 g/mol. The number of carboxylic acids is 1. The Hall–Kier alpha value is -3.13. The molecular weight excluding hydrogens is 466 g/mol. The third-order valence-corrected chi connectivity index (χ3v) is 5.60. The summed E-state index contributed by atoms with van der Waals surface area (Å²) in [5.41, 5.74) is 11.6. The minimum atomic E-state index is -1.36.